The van der Waals surface area contributed by atoms with Crippen LogP contribution in [0.1, 0.15) is 17.2 Å². The summed E-state index contributed by atoms with van der Waals surface area (Å²) in [6.07, 6.45) is -3.79. The van der Waals surface area contributed by atoms with Crippen molar-refractivity contribution in [1.29, 1.82) is 0 Å². The molecule has 16 heavy (non-hydrogen) atoms. The summed E-state index contributed by atoms with van der Waals surface area (Å²) in [5.41, 5.74) is 1.21. The van der Waals surface area contributed by atoms with Crippen LogP contribution in [-0.4, -0.2) is 16.1 Å². The molecular formula is C8H12Cl2F3N3. The summed E-state index contributed by atoms with van der Waals surface area (Å²) in [6, 6.07) is 0. The second-order valence-electron chi connectivity index (χ2n) is 3.31. The average Bonchev–Trinajstić information content (AvgIpc) is 2.44. The van der Waals surface area contributed by atoms with Gasteiger partial charge < -0.3 is 9.88 Å². The van der Waals surface area contributed by atoms with Crippen LogP contribution in [0.4, 0.5) is 13.2 Å². The summed E-state index contributed by atoms with van der Waals surface area (Å²) >= 11 is 0. The third kappa shape index (κ3) is 2.61. The molecule has 1 aromatic heterocycles. The highest BCUT2D eigenvalue weighted by atomic mass is 35.5. The quantitative estimate of drug-likeness (QED) is 0.786. The molecular weight excluding hydrogens is 266 g/mol. The summed E-state index contributed by atoms with van der Waals surface area (Å²) in [5.74, 6) is -0.800. The van der Waals surface area contributed by atoms with E-state index in [2.05, 4.69) is 10.3 Å². The number of hydrogen-bond donors (Lipinski definition) is 1. The summed E-state index contributed by atoms with van der Waals surface area (Å²) in [7, 11) is 1.40. The van der Waals surface area contributed by atoms with Gasteiger partial charge in [-0.15, -0.1) is 24.8 Å². The van der Waals surface area contributed by atoms with Crippen LogP contribution in [0.5, 0.6) is 0 Å². The molecule has 2 rings (SSSR count). The number of hydrogen-bond acceptors (Lipinski definition) is 2. The van der Waals surface area contributed by atoms with Gasteiger partial charge in [-0.05, 0) is 0 Å². The van der Waals surface area contributed by atoms with E-state index in [1.165, 1.54) is 7.05 Å². The van der Waals surface area contributed by atoms with Gasteiger partial charge in [0, 0.05) is 26.6 Å². The molecule has 0 aromatic carbocycles. The Hall–Kier alpha value is -0.460. The van der Waals surface area contributed by atoms with Crippen LogP contribution in [0.25, 0.3) is 0 Å². The first-order valence-corrected chi connectivity index (χ1v) is 4.32. The fraction of sp³-hybridized carbons (Fsp3) is 0.625. The van der Waals surface area contributed by atoms with Crippen molar-refractivity contribution in [2.45, 2.75) is 19.1 Å². The number of fused-ring (bicyclic) bond motifs is 1. The van der Waals surface area contributed by atoms with Crippen molar-refractivity contribution in [3.05, 3.63) is 17.2 Å². The zero-order valence-corrected chi connectivity index (χ0v) is 10.1. The second-order valence-corrected chi connectivity index (χ2v) is 3.31. The van der Waals surface area contributed by atoms with E-state index in [0.29, 0.717) is 30.9 Å². The van der Waals surface area contributed by atoms with E-state index in [4.69, 9.17) is 0 Å². The van der Waals surface area contributed by atoms with E-state index in [-0.39, 0.29) is 24.8 Å². The van der Waals surface area contributed by atoms with Gasteiger partial charge in [0.15, 0.2) is 0 Å². The molecule has 0 saturated heterocycles. The average molecular weight is 278 g/mol. The number of nitrogens with zero attached hydrogens (tertiary/aromatic N) is 2. The molecule has 1 aliphatic heterocycles. The van der Waals surface area contributed by atoms with Crippen LogP contribution in [0.15, 0.2) is 0 Å². The number of halogens is 5. The largest absolute Gasteiger partial charge is 0.449 e. The number of nitrogens with one attached hydrogen (secondary N) is 1. The molecule has 0 spiro atoms. The van der Waals surface area contributed by atoms with E-state index in [0.717, 1.165) is 4.57 Å². The summed E-state index contributed by atoms with van der Waals surface area (Å²) < 4.78 is 38.4. The van der Waals surface area contributed by atoms with Crippen LogP contribution in [0.3, 0.4) is 0 Å². The third-order valence-corrected chi connectivity index (χ3v) is 2.38. The highest BCUT2D eigenvalue weighted by Crippen LogP contribution is 2.30. The maximum Gasteiger partial charge on any atom is 0.449 e. The van der Waals surface area contributed by atoms with Gasteiger partial charge in [-0.2, -0.15) is 13.2 Å². The summed E-state index contributed by atoms with van der Waals surface area (Å²) in [6.45, 7) is 1.16. The van der Waals surface area contributed by atoms with Crippen molar-refractivity contribution in [3.63, 3.8) is 0 Å². The van der Waals surface area contributed by atoms with Crippen LogP contribution < -0.4 is 5.32 Å². The Bertz CT molecular complexity index is 362. The lowest BCUT2D eigenvalue weighted by Crippen LogP contribution is -2.25. The Kier molecular flexibility index (Phi) is 5.10. The zero-order valence-electron chi connectivity index (χ0n) is 8.47. The molecule has 0 aliphatic carbocycles. The molecule has 0 radical (unpaired) electrons. The molecule has 0 amide bonds. The van der Waals surface area contributed by atoms with Crippen LogP contribution in [-0.2, 0) is 26.2 Å². The number of aromatic nitrogens is 2. The topological polar surface area (TPSA) is 29.9 Å². The van der Waals surface area contributed by atoms with Gasteiger partial charge in [-0.25, -0.2) is 4.98 Å². The highest BCUT2D eigenvalue weighted by Gasteiger charge is 2.38. The standard InChI is InChI=1S/C8H10F3N3.2ClH/c1-14-6-4-12-3-2-5(6)13-7(14)8(9,10)11;;/h12H,2-4H2,1H3;2*1H. The van der Waals surface area contributed by atoms with Crippen molar-refractivity contribution >= 4 is 24.8 Å². The van der Waals surface area contributed by atoms with Gasteiger partial charge in [0.1, 0.15) is 0 Å². The molecule has 0 bridgehead atoms. The van der Waals surface area contributed by atoms with Gasteiger partial charge in [0.25, 0.3) is 0 Å². The minimum absolute atomic E-state index is 0. The van der Waals surface area contributed by atoms with Crippen molar-refractivity contribution < 1.29 is 13.2 Å². The van der Waals surface area contributed by atoms with Crippen LogP contribution >= 0.6 is 24.8 Å². The SMILES string of the molecule is Cl.Cl.Cn1c(C(F)(F)F)nc2c1CNCC2. The molecule has 2 heterocycles. The van der Waals surface area contributed by atoms with E-state index in [9.17, 15) is 13.2 Å². The molecule has 1 aromatic rings. The predicted octanol–water partition coefficient (Wildman–Crippen LogP) is 1.93. The predicted molar refractivity (Wildman–Crippen MR) is 58.1 cm³/mol. The molecule has 1 N–H and O–H groups in total. The first-order valence-electron chi connectivity index (χ1n) is 4.32. The second kappa shape index (κ2) is 5.25. The van der Waals surface area contributed by atoms with E-state index in [1.54, 1.807) is 0 Å². The van der Waals surface area contributed by atoms with Gasteiger partial charge in [0.2, 0.25) is 5.82 Å². The van der Waals surface area contributed by atoms with Crippen molar-refractivity contribution in [2.24, 2.45) is 7.05 Å². The number of alkyl halides is 3. The molecule has 0 fully saturated rings. The maximum atomic E-state index is 12.4. The Morgan fingerprint density at radius 2 is 1.94 bits per heavy atom. The number of imidazole rings is 1. The Morgan fingerprint density at radius 3 is 2.44 bits per heavy atom. The monoisotopic (exact) mass is 277 g/mol. The van der Waals surface area contributed by atoms with E-state index in [1.807, 2.05) is 0 Å². The normalized spacial score (nSPS) is 14.8. The fourth-order valence-corrected chi connectivity index (χ4v) is 1.68. The van der Waals surface area contributed by atoms with Crippen LogP contribution in [0.2, 0.25) is 0 Å². The van der Waals surface area contributed by atoms with Gasteiger partial charge in [0.05, 0.1) is 11.4 Å². The van der Waals surface area contributed by atoms with Crippen molar-refractivity contribution in [3.8, 4) is 0 Å². The molecule has 3 nitrogen and oxygen atoms in total. The lowest BCUT2D eigenvalue weighted by molar-refractivity contribution is -0.146. The molecule has 8 heteroatoms. The molecule has 0 atom stereocenters. The van der Waals surface area contributed by atoms with E-state index >= 15 is 0 Å². The maximum absolute atomic E-state index is 12.4. The minimum Gasteiger partial charge on any atom is -0.326 e. The Labute approximate surface area is 103 Å². The van der Waals surface area contributed by atoms with Crippen molar-refractivity contribution in [1.82, 2.24) is 14.9 Å². The first-order chi connectivity index (χ1) is 6.50. The lowest BCUT2D eigenvalue weighted by atomic mass is 10.2. The fourth-order valence-electron chi connectivity index (χ4n) is 1.68. The van der Waals surface area contributed by atoms with Crippen LogP contribution in [0, 0.1) is 0 Å². The van der Waals surface area contributed by atoms with Gasteiger partial charge in [-0.1, -0.05) is 0 Å². The Morgan fingerprint density at radius 1 is 1.31 bits per heavy atom. The highest BCUT2D eigenvalue weighted by molar-refractivity contribution is 5.85. The summed E-state index contributed by atoms with van der Waals surface area (Å²) in [5, 5.41) is 3.02. The minimum atomic E-state index is -4.36. The van der Waals surface area contributed by atoms with Gasteiger partial charge in [-0.3, -0.25) is 0 Å². The smallest absolute Gasteiger partial charge is 0.326 e. The molecule has 0 unspecified atom stereocenters. The lowest BCUT2D eigenvalue weighted by Gasteiger charge is -2.13. The Balaban J connectivity index is 0.00000112. The zero-order chi connectivity index (χ0) is 10.3. The third-order valence-electron chi connectivity index (χ3n) is 2.38. The molecule has 0 saturated carbocycles. The first kappa shape index (κ1) is 15.5. The molecule has 1 aliphatic rings. The molecule has 94 valence electrons. The van der Waals surface area contributed by atoms with Crippen molar-refractivity contribution in [2.75, 3.05) is 6.54 Å². The summed E-state index contributed by atoms with van der Waals surface area (Å²) in [4.78, 5) is 3.62. The van der Waals surface area contributed by atoms with Gasteiger partial charge >= 0.3 is 6.18 Å². The number of rotatable bonds is 0. The van der Waals surface area contributed by atoms with E-state index < -0.39 is 12.0 Å².